The zero-order valence-corrected chi connectivity index (χ0v) is 14.8. The van der Waals surface area contributed by atoms with Gasteiger partial charge in [0.15, 0.2) is 0 Å². The van der Waals surface area contributed by atoms with Gasteiger partial charge in [-0.2, -0.15) is 0 Å². The van der Waals surface area contributed by atoms with E-state index in [9.17, 15) is 0 Å². The summed E-state index contributed by atoms with van der Waals surface area (Å²) < 4.78 is 8.31. The second kappa shape index (κ2) is 5.23. The van der Waals surface area contributed by atoms with Crippen molar-refractivity contribution >= 4 is 35.5 Å². The molecule has 0 amide bonds. The smallest absolute Gasteiger partial charge is 0.447 e. The van der Waals surface area contributed by atoms with Crippen LogP contribution in [0.15, 0.2) is 40.6 Å². The molecule has 0 aromatic carbocycles. The summed E-state index contributed by atoms with van der Waals surface area (Å²) in [6, 6.07) is 8.46. The van der Waals surface area contributed by atoms with Crippen LogP contribution in [0.2, 0.25) is 6.82 Å². The molecule has 5 heteroatoms. The van der Waals surface area contributed by atoms with E-state index in [1.165, 1.54) is 11.3 Å². The van der Waals surface area contributed by atoms with Gasteiger partial charge in [0.05, 0.1) is 18.9 Å². The van der Waals surface area contributed by atoms with Crippen molar-refractivity contribution in [1.29, 1.82) is 0 Å². The molecule has 0 atom stereocenters. The summed E-state index contributed by atoms with van der Waals surface area (Å²) in [7, 11) is 2.08. The zero-order valence-electron chi connectivity index (χ0n) is 14.8. The molecule has 0 saturated carbocycles. The molecule has 4 nitrogen and oxygen atoms in total. The fourth-order valence-corrected chi connectivity index (χ4v) is 3.64. The maximum absolute atomic E-state index is 6.14. The topological polar surface area (TPSA) is 33.2 Å². The Balaban J connectivity index is 1.89. The Hall–Kier alpha value is -2.56. The lowest BCUT2D eigenvalue weighted by atomic mass is 9.57. The number of fused-ring (bicyclic) bond motifs is 3. The van der Waals surface area contributed by atoms with Gasteiger partial charge in [0.25, 0.3) is 5.82 Å². The van der Waals surface area contributed by atoms with E-state index in [2.05, 4.69) is 72.6 Å². The van der Waals surface area contributed by atoms with Crippen LogP contribution in [0.3, 0.4) is 0 Å². The molecule has 1 aliphatic heterocycles. The number of allylic oxidation sites excluding steroid dienone is 1. The highest BCUT2D eigenvalue weighted by Gasteiger charge is 2.40. The van der Waals surface area contributed by atoms with Crippen molar-refractivity contribution in [2.75, 3.05) is 4.81 Å². The van der Waals surface area contributed by atoms with E-state index in [4.69, 9.17) is 4.42 Å². The van der Waals surface area contributed by atoms with Crippen LogP contribution < -0.4 is 15.0 Å². The van der Waals surface area contributed by atoms with Gasteiger partial charge in [-0.1, -0.05) is 0 Å². The van der Waals surface area contributed by atoms with Crippen molar-refractivity contribution in [2.45, 2.75) is 27.6 Å². The number of aryl methyl sites for hydroxylation is 3. The molecule has 0 fully saturated rings. The van der Waals surface area contributed by atoms with Crippen LogP contribution in [0.4, 0.5) is 5.82 Å². The van der Waals surface area contributed by atoms with Gasteiger partial charge in [0, 0.05) is 22.7 Å². The molecule has 0 N–H and O–H groups in total. The van der Waals surface area contributed by atoms with Crippen LogP contribution in [-0.4, -0.2) is 11.8 Å². The van der Waals surface area contributed by atoms with E-state index in [1.807, 2.05) is 13.0 Å². The molecule has 3 aromatic rings. The summed E-state index contributed by atoms with van der Waals surface area (Å²) in [5.41, 5.74) is 6.30. The minimum absolute atomic E-state index is 0.119. The van der Waals surface area contributed by atoms with E-state index in [0.717, 1.165) is 33.8 Å². The fourth-order valence-electron chi connectivity index (χ4n) is 3.64. The molecule has 0 aliphatic carbocycles. The van der Waals surface area contributed by atoms with Crippen LogP contribution >= 0.6 is 0 Å². The lowest BCUT2D eigenvalue weighted by Crippen LogP contribution is -2.52. The number of hydrogen-bond donors (Lipinski definition) is 0. The van der Waals surface area contributed by atoms with Crippen LogP contribution in [0, 0.1) is 13.8 Å². The first-order valence-corrected chi connectivity index (χ1v) is 8.29. The summed E-state index contributed by atoms with van der Waals surface area (Å²) in [5, 5.41) is 1.09. The normalized spacial score (nSPS) is 14.1. The van der Waals surface area contributed by atoms with Crippen molar-refractivity contribution < 1.29 is 8.98 Å². The van der Waals surface area contributed by atoms with Crippen molar-refractivity contribution in [3.05, 3.63) is 53.0 Å². The summed E-state index contributed by atoms with van der Waals surface area (Å²) >= 11 is 0. The molecule has 24 heavy (non-hydrogen) atoms. The van der Waals surface area contributed by atoms with Crippen LogP contribution in [0.1, 0.15) is 23.7 Å². The molecule has 0 spiro atoms. The Kier molecular flexibility index (Phi) is 3.27. The minimum atomic E-state index is 0.119. The molecular formula is C19H21BN3O+. The first-order valence-electron chi connectivity index (χ1n) is 8.29. The summed E-state index contributed by atoms with van der Waals surface area (Å²) in [6.45, 7) is 8.56. The summed E-state index contributed by atoms with van der Waals surface area (Å²) in [6.07, 6.45) is 4.35. The molecule has 4 heterocycles. The van der Waals surface area contributed by atoms with Gasteiger partial charge in [-0.05, 0) is 57.4 Å². The fraction of sp³-hybridized carbons (Fsp3) is 0.263. The van der Waals surface area contributed by atoms with Crippen molar-refractivity contribution in [2.24, 2.45) is 7.05 Å². The second-order valence-corrected chi connectivity index (χ2v) is 6.69. The quantitative estimate of drug-likeness (QED) is 0.511. The van der Waals surface area contributed by atoms with Gasteiger partial charge in [-0.3, -0.25) is 4.81 Å². The predicted molar refractivity (Wildman–Crippen MR) is 98.5 cm³/mol. The molecule has 1 aliphatic rings. The molecule has 0 bridgehead atoms. The Morgan fingerprint density at radius 3 is 2.67 bits per heavy atom. The zero-order chi connectivity index (χ0) is 17.0. The molecule has 120 valence electrons. The van der Waals surface area contributed by atoms with Crippen molar-refractivity contribution in [3.8, 4) is 0 Å². The van der Waals surface area contributed by atoms with E-state index < -0.39 is 0 Å². The maximum atomic E-state index is 6.14. The van der Waals surface area contributed by atoms with Crippen molar-refractivity contribution in [1.82, 2.24) is 4.98 Å². The van der Waals surface area contributed by atoms with Gasteiger partial charge in [0.2, 0.25) is 5.71 Å². The van der Waals surface area contributed by atoms with Gasteiger partial charge >= 0.3 is 6.85 Å². The SMILES string of the molecule is CB1c2oc3nc(C)ccc3c2C=C(C)N1c1ccc(C)c[n+]1C. The lowest BCUT2D eigenvalue weighted by molar-refractivity contribution is -0.658. The number of furan rings is 1. The highest BCUT2D eigenvalue weighted by molar-refractivity contribution is 6.76. The number of pyridine rings is 2. The highest BCUT2D eigenvalue weighted by Crippen LogP contribution is 2.29. The highest BCUT2D eigenvalue weighted by atomic mass is 16.3. The van der Waals surface area contributed by atoms with Crippen molar-refractivity contribution in [3.63, 3.8) is 0 Å². The second-order valence-electron chi connectivity index (χ2n) is 6.69. The third-order valence-electron chi connectivity index (χ3n) is 4.76. The monoisotopic (exact) mass is 318 g/mol. The first-order chi connectivity index (χ1) is 11.5. The molecule has 0 radical (unpaired) electrons. The average Bonchev–Trinajstić information content (AvgIpc) is 2.87. The molecule has 3 aromatic heterocycles. The van der Waals surface area contributed by atoms with Crippen LogP contribution in [0.25, 0.3) is 17.2 Å². The molecule has 0 unspecified atom stereocenters. The molecular weight excluding hydrogens is 297 g/mol. The molecule has 4 rings (SSSR count). The van der Waals surface area contributed by atoms with Crippen LogP contribution in [0.5, 0.6) is 0 Å². The lowest BCUT2D eigenvalue weighted by Gasteiger charge is -2.26. The Morgan fingerprint density at radius 1 is 1.12 bits per heavy atom. The van der Waals surface area contributed by atoms with E-state index >= 15 is 0 Å². The van der Waals surface area contributed by atoms with E-state index in [-0.39, 0.29) is 6.85 Å². The van der Waals surface area contributed by atoms with Gasteiger partial charge in [-0.15, -0.1) is 0 Å². The number of rotatable bonds is 1. The van der Waals surface area contributed by atoms with Gasteiger partial charge in [-0.25, -0.2) is 9.55 Å². The Morgan fingerprint density at radius 2 is 1.92 bits per heavy atom. The van der Waals surface area contributed by atoms with E-state index in [0.29, 0.717) is 0 Å². The Bertz CT molecular complexity index is 990. The van der Waals surface area contributed by atoms with Gasteiger partial charge in [0.1, 0.15) is 5.66 Å². The number of nitrogens with zero attached hydrogens (tertiary/aromatic N) is 3. The van der Waals surface area contributed by atoms with Crippen LogP contribution in [-0.2, 0) is 7.05 Å². The predicted octanol–water partition coefficient (Wildman–Crippen LogP) is 2.98. The average molecular weight is 318 g/mol. The third kappa shape index (κ3) is 2.15. The molecule has 0 saturated heterocycles. The first kappa shape index (κ1) is 15.0. The number of hydrogen-bond acceptors (Lipinski definition) is 3. The number of anilines is 1. The Labute approximate surface area is 142 Å². The standard InChI is InChI=1S/C19H21BN3O/c1-12-6-9-17(22(5)11-12)23-14(3)10-16-15-8-7-13(2)21-19(15)24-18(16)20(23)4/h6-11H,1-5H3/q+1. The summed E-state index contributed by atoms with van der Waals surface area (Å²) in [5.74, 6) is 1.15. The third-order valence-corrected chi connectivity index (χ3v) is 4.76. The van der Waals surface area contributed by atoms with E-state index in [1.54, 1.807) is 0 Å². The minimum Gasteiger partial charge on any atom is -0.447 e. The number of aromatic nitrogens is 2. The largest absolute Gasteiger partial charge is 0.447 e. The van der Waals surface area contributed by atoms with Gasteiger partial charge < -0.3 is 4.42 Å². The maximum Gasteiger partial charge on any atom is 0.447 e. The summed E-state index contributed by atoms with van der Waals surface area (Å²) in [4.78, 5) is 6.86.